The molecule has 21 heavy (non-hydrogen) atoms. The molecule has 0 aromatic carbocycles. The molecule has 0 heterocycles. The lowest BCUT2D eigenvalue weighted by molar-refractivity contribution is -0.141. The zero-order chi connectivity index (χ0) is 16.6. The first kappa shape index (κ1) is 18.3. The average Bonchev–Trinajstić information content (AvgIpc) is 2.33. The van der Waals surface area contributed by atoms with Gasteiger partial charge in [0, 0.05) is 0 Å². The predicted molar refractivity (Wildman–Crippen MR) is 66.6 cm³/mol. The number of nitrogens with one attached hydrogen (secondary N) is 2. The van der Waals surface area contributed by atoms with Gasteiger partial charge >= 0.3 is 11.9 Å². The van der Waals surface area contributed by atoms with Gasteiger partial charge in [-0.15, -0.1) is 0 Å². The Morgan fingerprint density at radius 1 is 0.952 bits per heavy atom. The molecule has 0 aliphatic rings. The third kappa shape index (κ3) is 8.15. The van der Waals surface area contributed by atoms with E-state index in [1.54, 1.807) is 0 Å². The van der Waals surface area contributed by atoms with Crippen molar-refractivity contribution in [2.24, 2.45) is 11.5 Å². The second-order valence-corrected chi connectivity index (χ2v) is 4.05. The van der Waals surface area contributed by atoms with Crippen LogP contribution >= 0.6 is 0 Å². The Morgan fingerprint density at radius 2 is 1.52 bits per heavy atom. The van der Waals surface area contributed by atoms with Crippen molar-refractivity contribution in [2.75, 3.05) is 6.54 Å². The Hall–Kier alpha value is -2.69. The number of rotatable bonds is 9. The molecule has 0 fully saturated rings. The smallest absolute Gasteiger partial charge is 0.322 e. The second-order valence-electron chi connectivity index (χ2n) is 4.05. The molecular weight excluding hydrogens is 288 g/mol. The Bertz CT molecular complexity index is 451. The molecule has 0 rings (SSSR count). The van der Waals surface area contributed by atoms with Crippen LogP contribution in [0.2, 0.25) is 0 Å². The van der Waals surface area contributed by atoms with E-state index in [9.17, 15) is 24.0 Å². The zero-order valence-corrected chi connectivity index (χ0v) is 10.9. The molecule has 0 aromatic rings. The Labute approximate surface area is 118 Å². The molecule has 2 atom stereocenters. The Morgan fingerprint density at radius 3 is 1.95 bits per heavy atom. The van der Waals surface area contributed by atoms with E-state index in [0.29, 0.717) is 0 Å². The number of amides is 3. The van der Waals surface area contributed by atoms with Crippen molar-refractivity contribution < 1.29 is 34.2 Å². The highest BCUT2D eigenvalue weighted by molar-refractivity contribution is 5.94. The topological polar surface area (TPSA) is 202 Å². The summed E-state index contributed by atoms with van der Waals surface area (Å²) >= 11 is 0. The van der Waals surface area contributed by atoms with E-state index in [1.165, 1.54) is 0 Å². The van der Waals surface area contributed by atoms with E-state index in [1.807, 2.05) is 10.6 Å². The summed E-state index contributed by atoms with van der Waals surface area (Å²) < 4.78 is 0. The van der Waals surface area contributed by atoms with E-state index in [0.717, 1.165) is 0 Å². The Kier molecular flexibility index (Phi) is 7.39. The number of carbonyl (C=O) groups excluding carboxylic acids is 3. The predicted octanol–water partition coefficient (Wildman–Crippen LogP) is -3.65. The van der Waals surface area contributed by atoms with Crippen LogP contribution in [0, 0.1) is 0 Å². The molecule has 118 valence electrons. The number of nitrogens with two attached hydrogens (primary N) is 2. The van der Waals surface area contributed by atoms with Crippen LogP contribution in [0.15, 0.2) is 0 Å². The lowest BCUT2D eigenvalue weighted by Gasteiger charge is -2.18. The van der Waals surface area contributed by atoms with Crippen molar-refractivity contribution in [3.05, 3.63) is 0 Å². The minimum Gasteiger partial charge on any atom is -0.481 e. The van der Waals surface area contributed by atoms with Crippen LogP contribution in [0.3, 0.4) is 0 Å². The van der Waals surface area contributed by atoms with Gasteiger partial charge in [-0.1, -0.05) is 0 Å². The summed E-state index contributed by atoms with van der Waals surface area (Å²) in [5.41, 5.74) is 10.2. The highest BCUT2D eigenvalue weighted by atomic mass is 16.4. The first-order chi connectivity index (χ1) is 9.63. The van der Waals surface area contributed by atoms with Gasteiger partial charge in [0.05, 0.1) is 18.9 Å². The summed E-state index contributed by atoms with van der Waals surface area (Å²) in [6.45, 7) is -0.738. The molecule has 3 amide bonds. The zero-order valence-electron chi connectivity index (χ0n) is 10.9. The number of carboxylic acid groups (broad SMARTS) is 2. The Balaban J connectivity index is 4.71. The standard InChI is InChI=1S/C10H16N4O7/c11-4(1-6(12)15)9(20)14-5(2-7(16)17)10(21)13-3-8(18)19/h4-5H,1-3,11H2,(H2,12,15)(H,13,21)(H,14,20)(H,16,17)(H,18,19). The van der Waals surface area contributed by atoms with Crippen LogP contribution in [-0.4, -0.2) is 58.5 Å². The number of carboxylic acids is 2. The molecule has 0 spiro atoms. The summed E-state index contributed by atoms with van der Waals surface area (Å²) in [6, 6.07) is -2.86. The van der Waals surface area contributed by atoms with Crippen LogP contribution in [0.1, 0.15) is 12.8 Å². The van der Waals surface area contributed by atoms with Gasteiger partial charge < -0.3 is 32.3 Å². The molecule has 8 N–H and O–H groups in total. The normalized spacial score (nSPS) is 12.8. The van der Waals surface area contributed by atoms with Gasteiger partial charge in [-0.25, -0.2) is 0 Å². The van der Waals surface area contributed by atoms with Gasteiger partial charge in [0.1, 0.15) is 12.6 Å². The number of aliphatic carboxylic acids is 2. The molecule has 2 unspecified atom stereocenters. The number of hydrogen-bond acceptors (Lipinski definition) is 6. The van der Waals surface area contributed by atoms with E-state index < -0.39 is 61.1 Å². The van der Waals surface area contributed by atoms with Gasteiger partial charge in [0.25, 0.3) is 0 Å². The fourth-order valence-corrected chi connectivity index (χ4v) is 1.26. The first-order valence-electron chi connectivity index (χ1n) is 5.69. The van der Waals surface area contributed by atoms with E-state index in [4.69, 9.17) is 21.7 Å². The van der Waals surface area contributed by atoms with Crippen molar-refractivity contribution in [1.29, 1.82) is 0 Å². The van der Waals surface area contributed by atoms with E-state index in [-0.39, 0.29) is 0 Å². The summed E-state index contributed by atoms with van der Waals surface area (Å²) in [4.78, 5) is 54.7. The summed E-state index contributed by atoms with van der Waals surface area (Å²) in [5, 5.41) is 21.0. The maximum absolute atomic E-state index is 11.6. The maximum atomic E-state index is 11.6. The monoisotopic (exact) mass is 304 g/mol. The van der Waals surface area contributed by atoms with Crippen molar-refractivity contribution in [2.45, 2.75) is 24.9 Å². The molecule has 0 aliphatic heterocycles. The number of carbonyl (C=O) groups is 5. The molecule has 0 saturated heterocycles. The summed E-state index contributed by atoms with van der Waals surface area (Å²) in [7, 11) is 0. The van der Waals surface area contributed by atoms with E-state index in [2.05, 4.69) is 0 Å². The highest BCUT2D eigenvalue weighted by Gasteiger charge is 2.26. The minimum absolute atomic E-state index is 0.484. The molecular formula is C10H16N4O7. The van der Waals surface area contributed by atoms with Crippen LogP contribution in [-0.2, 0) is 24.0 Å². The SMILES string of the molecule is NC(=O)CC(N)C(=O)NC(CC(=O)O)C(=O)NCC(=O)O. The summed E-state index contributed by atoms with van der Waals surface area (Å²) in [6.07, 6.45) is -1.26. The molecule has 0 aliphatic carbocycles. The van der Waals surface area contributed by atoms with Gasteiger partial charge in [-0.3, -0.25) is 24.0 Å². The van der Waals surface area contributed by atoms with E-state index >= 15 is 0 Å². The number of primary amides is 1. The van der Waals surface area contributed by atoms with Crippen molar-refractivity contribution in [1.82, 2.24) is 10.6 Å². The van der Waals surface area contributed by atoms with Crippen molar-refractivity contribution in [3.8, 4) is 0 Å². The third-order valence-electron chi connectivity index (χ3n) is 2.18. The molecule has 11 heteroatoms. The average molecular weight is 304 g/mol. The lowest BCUT2D eigenvalue weighted by Crippen LogP contribution is -2.53. The van der Waals surface area contributed by atoms with Crippen molar-refractivity contribution >= 4 is 29.7 Å². The largest absolute Gasteiger partial charge is 0.481 e. The van der Waals surface area contributed by atoms with Gasteiger partial charge in [-0.2, -0.15) is 0 Å². The number of hydrogen-bond donors (Lipinski definition) is 6. The van der Waals surface area contributed by atoms with Gasteiger partial charge in [0.2, 0.25) is 17.7 Å². The molecule has 0 aromatic heterocycles. The lowest BCUT2D eigenvalue weighted by atomic mass is 10.1. The fraction of sp³-hybridized carbons (Fsp3) is 0.500. The maximum Gasteiger partial charge on any atom is 0.322 e. The molecule has 0 radical (unpaired) electrons. The van der Waals surface area contributed by atoms with Gasteiger partial charge in [0.15, 0.2) is 0 Å². The van der Waals surface area contributed by atoms with Crippen molar-refractivity contribution in [3.63, 3.8) is 0 Å². The van der Waals surface area contributed by atoms with Gasteiger partial charge in [-0.05, 0) is 0 Å². The third-order valence-corrected chi connectivity index (χ3v) is 2.18. The van der Waals surface area contributed by atoms with Crippen LogP contribution < -0.4 is 22.1 Å². The van der Waals surface area contributed by atoms with Crippen LogP contribution in [0.5, 0.6) is 0 Å². The minimum atomic E-state index is -1.52. The highest BCUT2D eigenvalue weighted by Crippen LogP contribution is 1.96. The summed E-state index contributed by atoms with van der Waals surface area (Å²) in [5.74, 6) is -5.53. The molecule has 11 nitrogen and oxygen atoms in total. The van der Waals surface area contributed by atoms with Crippen LogP contribution in [0.25, 0.3) is 0 Å². The first-order valence-corrected chi connectivity index (χ1v) is 5.69. The molecule has 0 bridgehead atoms. The van der Waals surface area contributed by atoms with Crippen LogP contribution in [0.4, 0.5) is 0 Å². The fourth-order valence-electron chi connectivity index (χ4n) is 1.26. The molecule has 0 saturated carbocycles. The quantitative estimate of drug-likeness (QED) is 0.250. The second kappa shape index (κ2) is 8.47.